The minimum absolute atomic E-state index is 0.0385. The van der Waals surface area contributed by atoms with Crippen LogP contribution in [0.5, 0.6) is 0 Å². The van der Waals surface area contributed by atoms with E-state index < -0.39 is 17.2 Å². The van der Waals surface area contributed by atoms with Gasteiger partial charge in [-0.25, -0.2) is 8.78 Å². The van der Waals surface area contributed by atoms with Crippen LogP contribution in [0, 0.1) is 18.6 Å². The smallest absolute Gasteiger partial charge is 0.129 e. The molecule has 1 aliphatic rings. The van der Waals surface area contributed by atoms with Gasteiger partial charge in [-0.05, 0) is 37.5 Å². The Hall–Kier alpha value is -0.960. The molecule has 14 heavy (non-hydrogen) atoms. The van der Waals surface area contributed by atoms with Crippen molar-refractivity contribution in [1.29, 1.82) is 0 Å². The van der Waals surface area contributed by atoms with Crippen molar-refractivity contribution in [2.75, 3.05) is 0 Å². The summed E-state index contributed by atoms with van der Waals surface area (Å²) in [7, 11) is 0. The van der Waals surface area contributed by atoms with Gasteiger partial charge in [0.2, 0.25) is 0 Å². The van der Waals surface area contributed by atoms with Crippen LogP contribution in [0.1, 0.15) is 24.0 Å². The molecule has 76 valence electrons. The first-order chi connectivity index (χ1) is 6.50. The quantitative estimate of drug-likeness (QED) is 0.773. The molecule has 1 saturated carbocycles. The zero-order chi connectivity index (χ0) is 10.3. The Morgan fingerprint density at radius 3 is 2.21 bits per heavy atom. The molecule has 0 atom stereocenters. The van der Waals surface area contributed by atoms with Crippen molar-refractivity contribution in [3.8, 4) is 0 Å². The Morgan fingerprint density at radius 1 is 1.29 bits per heavy atom. The third-order valence-corrected chi connectivity index (χ3v) is 2.70. The van der Waals surface area contributed by atoms with Crippen LogP contribution in [0.15, 0.2) is 12.1 Å². The molecule has 0 spiro atoms. The van der Waals surface area contributed by atoms with Crippen molar-refractivity contribution in [2.45, 2.75) is 31.8 Å². The Bertz CT molecular complexity index is 347. The molecule has 1 aliphatic carbocycles. The maximum Gasteiger partial charge on any atom is 0.129 e. The second-order valence-electron chi connectivity index (χ2n) is 4.09. The van der Waals surface area contributed by atoms with Gasteiger partial charge in [0.1, 0.15) is 11.6 Å². The van der Waals surface area contributed by atoms with Gasteiger partial charge in [0.15, 0.2) is 0 Å². The van der Waals surface area contributed by atoms with Crippen LogP contribution in [0.3, 0.4) is 0 Å². The van der Waals surface area contributed by atoms with E-state index in [0.29, 0.717) is 12.0 Å². The fourth-order valence-electron chi connectivity index (χ4n) is 1.50. The molecule has 0 radical (unpaired) electrons. The maximum absolute atomic E-state index is 13.1. The number of hydrogen-bond donors (Lipinski definition) is 1. The fraction of sp³-hybridized carbons (Fsp3) is 0.455. The minimum Gasteiger partial charge on any atom is -0.390 e. The molecule has 1 fully saturated rings. The average Bonchev–Trinajstić information content (AvgIpc) is 2.79. The molecule has 1 aromatic carbocycles. The highest BCUT2D eigenvalue weighted by atomic mass is 19.1. The molecule has 1 nitrogen and oxygen atoms in total. The molecule has 0 amide bonds. The second kappa shape index (κ2) is 3.02. The first-order valence-electron chi connectivity index (χ1n) is 4.67. The Labute approximate surface area is 81.4 Å². The monoisotopic (exact) mass is 198 g/mol. The Kier molecular flexibility index (Phi) is 2.07. The number of rotatable bonds is 2. The van der Waals surface area contributed by atoms with Crippen LogP contribution in [0.2, 0.25) is 0 Å². The third kappa shape index (κ3) is 1.77. The molecule has 0 aromatic heterocycles. The van der Waals surface area contributed by atoms with E-state index in [-0.39, 0.29) is 5.56 Å². The van der Waals surface area contributed by atoms with Gasteiger partial charge in [-0.2, -0.15) is 0 Å². The summed E-state index contributed by atoms with van der Waals surface area (Å²) in [5.41, 5.74) is -0.129. The lowest BCUT2D eigenvalue weighted by Gasteiger charge is -2.08. The molecule has 2 rings (SSSR count). The van der Waals surface area contributed by atoms with E-state index in [0.717, 1.165) is 12.8 Å². The van der Waals surface area contributed by atoms with Crippen LogP contribution in [-0.2, 0) is 6.42 Å². The normalized spacial score (nSPS) is 18.3. The third-order valence-electron chi connectivity index (χ3n) is 2.70. The van der Waals surface area contributed by atoms with E-state index in [2.05, 4.69) is 0 Å². The highest BCUT2D eigenvalue weighted by molar-refractivity contribution is 5.27. The standard InChI is InChI=1S/C11H12F2O/c1-7-9(12)4-8(5-10(7)13)6-11(14)2-3-11/h4-5,14H,2-3,6H2,1H3. The molecular weight excluding hydrogens is 186 g/mol. The van der Waals surface area contributed by atoms with Crippen LogP contribution >= 0.6 is 0 Å². The van der Waals surface area contributed by atoms with Gasteiger partial charge in [0, 0.05) is 12.0 Å². The van der Waals surface area contributed by atoms with Crippen LogP contribution in [0.25, 0.3) is 0 Å². The zero-order valence-corrected chi connectivity index (χ0v) is 7.98. The summed E-state index contributed by atoms with van der Waals surface area (Å²) in [6, 6.07) is 2.60. The van der Waals surface area contributed by atoms with Gasteiger partial charge in [-0.3, -0.25) is 0 Å². The molecule has 0 heterocycles. The molecule has 1 aromatic rings. The number of aliphatic hydroxyl groups is 1. The summed E-state index contributed by atoms with van der Waals surface area (Å²) < 4.78 is 26.2. The van der Waals surface area contributed by atoms with E-state index >= 15 is 0 Å². The molecule has 1 N–H and O–H groups in total. The van der Waals surface area contributed by atoms with Crippen molar-refractivity contribution in [1.82, 2.24) is 0 Å². The Morgan fingerprint density at radius 2 is 1.79 bits per heavy atom. The summed E-state index contributed by atoms with van der Waals surface area (Å²) in [4.78, 5) is 0. The highest BCUT2D eigenvalue weighted by Gasteiger charge is 2.40. The first kappa shape index (κ1) is 9.59. The van der Waals surface area contributed by atoms with E-state index in [1.54, 1.807) is 0 Å². The van der Waals surface area contributed by atoms with Gasteiger partial charge in [-0.15, -0.1) is 0 Å². The van der Waals surface area contributed by atoms with Gasteiger partial charge < -0.3 is 5.11 Å². The van der Waals surface area contributed by atoms with Crippen molar-refractivity contribution < 1.29 is 13.9 Å². The number of halogens is 2. The van der Waals surface area contributed by atoms with Crippen LogP contribution in [-0.4, -0.2) is 10.7 Å². The van der Waals surface area contributed by atoms with E-state index in [4.69, 9.17) is 0 Å². The predicted octanol–water partition coefficient (Wildman–Crippen LogP) is 2.34. The van der Waals surface area contributed by atoms with Crippen LogP contribution in [0.4, 0.5) is 8.78 Å². The minimum atomic E-state index is -0.700. The van der Waals surface area contributed by atoms with E-state index in [9.17, 15) is 13.9 Å². The maximum atomic E-state index is 13.1. The largest absolute Gasteiger partial charge is 0.390 e. The van der Waals surface area contributed by atoms with Gasteiger partial charge in [0.05, 0.1) is 5.60 Å². The predicted molar refractivity (Wildman–Crippen MR) is 49.0 cm³/mol. The number of hydrogen-bond acceptors (Lipinski definition) is 1. The van der Waals surface area contributed by atoms with Crippen LogP contribution < -0.4 is 0 Å². The lowest BCUT2D eigenvalue weighted by Crippen LogP contribution is -2.11. The molecule has 0 bridgehead atoms. The van der Waals surface area contributed by atoms with Crippen molar-refractivity contribution in [3.63, 3.8) is 0 Å². The lowest BCUT2D eigenvalue weighted by atomic mass is 10.0. The molecule has 0 unspecified atom stereocenters. The SMILES string of the molecule is Cc1c(F)cc(CC2(O)CC2)cc1F. The van der Waals surface area contributed by atoms with Gasteiger partial charge >= 0.3 is 0 Å². The highest BCUT2D eigenvalue weighted by Crippen LogP contribution is 2.38. The Balaban J connectivity index is 2.26. The van der Waals surface area contributed by atoms with Gasteiger partial charge in [-0.1, -0.05) is 0 Å². The summed E-state index contributed by atoms with van der Waals surface area (Å²) >= 11 is 0. The average molecular weight is 198 g/mol. The first-order valence-corrected chi connectivity index (χ1v) is 4.67. The zero-order valence-electron chi connectivity index (χ0n) is 7.98. The summed E-state index contributed by atoms with van der Waals surface area (Å²) in [5.74, 6) is -1.08. The van der Waals surface area contributed by atoms with Crippen molar-refractivity contribution in [3.05, 3.63) is 34.9 Å². The molecule has 0 aliphatic heterocycles. The molecule has 3 heteroatoms. The molecule has 0 saturated heterocycles. The van der Waals surface area contributed by atoms with Gasteiger partial charge in [0.25, 0.3) is 0 Å². The fourth-order valence-corrected chi connectivity index (χ4v) is 1.50. The summed E-state index contributed by atoms with van der Waals surface area (Å²) in [5, 5.41) is 9.59. The lowest BCUT2D eigenvalue weighted by molar-refractivity contribution is 0.151. The number of benzene rings is 1. The van der Waals surface area contributed by atoms with E-state index in [1.807, 2.05) is 0 Å². The van der Waals surface area contributed by atoms with Crippen molar-refractivity contribution in [2.24, 2.45) is 0 Å². The molecular formula is C11H12F2O. The topological polar surface area (TPSA) is 20.2 Å². The summed E-state index contributed by atoms with van der Waals surface area (Å²) in [6.07, 6.45) is 1.80. The van der Waals surface area contributed by atoms with E-state index in [1.165, 1.54) is 19.1 Å². The summed E-state index contributed by atoms with van der Waals surface area (Å²) in [6.45, 7) is 1.40. The van der Waals surface area contributed by atoms with Crippen molar-refractivity contribution >= 4 is 0 Å². The second-order valence-corrected chi connectivity index (χ2v) is 4.09.